The second-order valence-corrected chi connectivity index (χ2v) is 6.14. The third kappa shape index (κ3) is 3.96. The lowest BCUT2D eigenvalue weighted by Crippen LogP contribution is -2.11. The van der Waals surface area contributed by atoms with Crippen molar-refractivity contribution in [3.63, 3.8) is 0 Å². The molecule has 1 aliphatic rings. The van der Waals surface area contributed by atoms with Crippen LogP contribution in [0, 0.1) is 0 Å². The molecule has 0 fully saturated rings. The first kappa shape index (κ1) is 16.3. The molecule has 0 aliphatic heterocycles. The number of nitrogens with zero attached hydrogens (tertiary/aromatic N) is 2. The van der Waals surface area contributed by atoms with Gasteiger partial charge in [0.1, 0.15) is 10.0 Å². The van der Waals surface area contributed by atoms with Crippen LogP contribution in [0.2, 0.25) is 5.15 Å². The van der Waals surface area contributed by atoms with Crippen LogP contribution < -0.4 is 5.11 Å². The molecule has 0 radical (unpaired) electrons. The Morgan fingerprint density at radius 3 is 2.55 bits per heavy atom. The van der Waals surface area contributed by atoms with Gasteiger partial charge in [0.15, 0.2) is 0 Å². The zero-order chi connectivity index (χ0) is 16.2. The fourth-order valence-corrected chi connectivity index (χ4v) is 2.62. The summed E-state index contributed by atoms with van der Waals surface area (Å²) in [5, 5.41) is 11.7. The van der Waals surface area contributed by atoms with Crippen molar-refractivity contribution < 1.29 is 18.3 Å². The van der Waals surface area contributed by atoms with Crippen LogP contribution in [0.4, 0.5) is 0 Å². The molecule has 116 valence electrons. The van der Waals surface area contributed by atoms with Crippen molar-refractivity contribution in [3.05, 3.63) is 59.3 Å². The average Bonchev–Trinajstić information content (AvgIpc) is 2.48. The number of hydrogen-bond donors (Lipinski definition) is 0. The monoisotopic (exact) mass is 339 g/mol. The van der Waals surface area contributed by atoms with Crippen molar-refractivity contribution in [2.75, 3.05) is 6.61 Å². The van der Waals surface area contributed by atoms with Gasteiger partial charge in [-0.15, -0.1) is 0 Å². The van der Waals surface area contributed by atoms with Gasteiger partial charge in [0.25, 0.3) is 10.0 Å². The van der Waals surface area contributed by atoms with Gasteiger partial charge in [-0.1, -0.05) is 30.7 Å². The van der Waals surface area contributed by atoms with Crippen LogP contribution in [0.5, 0.6) is 0 Å². The maximum atomic E-state index is 12.1. The van der Waals surface area contributed by atoms with E-state index in [1.807, 2.05) is 0 Å². The molecule has 8 heteroatoms. The summed E-state index contributed by atoms with van der Waals surface area (Å²) in [5.74, 6) is -0.473. The predicted molar refractivity (Wildman–Crippen MR) is 80.8 cm³/mol. The van der Waals surface area contributed by atoms with Gasteiger partial charge in [-0.05, 0) is 36.5 Å². The smallest absolute Gasteiger partial charge is 0.284 e. The first-order chi connectivity index (χ1) is 10.4. The molecule has 0 spiro atoms. The lowest BCUT2D eigenvalue weighted by atomic mass is 10.1. The Morgan fingerprint density at radius 1 is 1.32 bits per heavy atom. The van der Waals surface area contributed by atoms with Gasteiger partial charge >= 0.3 is 0 Å². The molecule has 6 nitrogen and oxygen atoms in total. The molecule has 0 amide bonds. The summed E-state index contributed by atoms with van der Waals surface area (Å²) in [4.78, 5) is 3.65. The van der Waals surface area contributed by atoms with Crippen molar-refractivity contribution in [1.82, 2.24) is 4.98 Å². The van der Waals surface area contributed by atoms with Gasteiger partial charge in [0, 0.05) is 6.20 Å². The molecule has 1 aromatic heterocycles. The first-order valence-electron chi connectivity index (χ1n) is 6.29. The Labute approximate surface area is 133 Å². The topological polar surface area (TPSA) is 91.7 Å². The minimum Gasteiger partial charge on any atom is -0.613 e. The number of aromatic nitrogens is 1. The number of halogens is 1. The van der Waals surface area contributed by atoms with Crippen LogP contribution in [-0.4, -0.2) is 25.7 Å². The van der Waals surface area contributed by atoms with E-state index in [2.05, 4.69) is 9.38 Å². The number of pyridine rings is 1. The van der Waals surface area contributed by atoms with E-state index in [0.29, 0.717) is 5.57 Å². The second-order valence-electron chi connectivity index (χ2n) is 4.15. The van der Waals surface area contributed by atoms with Crippen molar-refractivity contribution in [2.45, 2.75) is 11.8 Å². The summed E-state index contributed by atoms with van der Waals surface area (Å²) in [7, 11) is -3.89. The molecule has 1 aromatic rings. The zero-order valence-corrected chi connectivity index (χ0v) is 13.1. The summed E-state index contributed by atoms with van der Waals surface area (Å²) in [5.41, 5.74) is 0.523. The minimum atomic E-state index is -3.89. The van der Waals surface area contributed by atoms with E-state index in [9.17, 15) is 13.5 Å². The van der Waals surface area contributed by atoms with Gasteiger partial charge in [0.05, 0.1) is 11.7 Å². The molecule has 0 N–H and O–H groups in total. The van der Waals surface area contributed by atoms with Gasteiger partial charge < -0.3 is 9.84 Å². The molecule has 0 saturated carbocycles. The average molecular weight is 340 g/mol. The van der Waals surface area contributed by atoms with E-state index in [4.69, 9.17) is 16.3 Å². The maximum Gasteiger partial charge on any atom is 0.284 e. The Bertz CT molecular complexity index is 760. The van der Waals surface area contributed by atoms with Crippen molar-refractivity contribution in [3.8, 4) is 0 Å². The third-order valence-electron chi connectivity index (χ3n) is 2.60. The Morgan fingerprint density at radius 2 is 2.00 bits per heavy atom. The van der Waals surface area contributed by atoms with E-state index in [0.717, 1.165) is 6.20 Å². The summed E-state index contributed by atoms with van der Waals surface area (Å²) < 4.78 is 32.7. The molecule has 0 bridgehead atoms. The molecule has 0 aromatic carbocycles. The van der Waals surface area contributed by atoms with Crippen LogP contribution in [0.15, 0.2) is 63.4 Å². The van der Waals surface area contributed by atoms with Crippen LogP contribution in [0.3, 0.4) is 0 Å². The van der Waals surface area contributed by atoms with E-state index in [1.54, 1.807) is 6.92 Å². The van der Waals surface area contributed by atoms with Gasteiger partial charge in [-0.2, -0.15) is 12.8 Å². The molecular formula is C14H12ClN2O4S-. The maximum absolute atomic E-state index is 12.1. The van der Waals surface area contributed by atoms with Gasteiger partial charge in [-0.25, -0.2) is 4.98 Å². The van der Waals surface area contributed by atoms with Crippen LogP contribution >= 0.6 is 11.6 Å². The molecule has 0 saturated heterocycles. The fourth-order valence-electron chi connectivity index (χ4n) is 1.58. The highest BCUT2D eigenvalue weighted by molar-refractivity contribution is 7.90. The molecule has 1 heterocycles. The van der Waals surface area contributed by atoms with E-state index < -0.39 is 16.0 Å². The first-order valence-corrected chi connectivity index (χ1v) is 8.11. The van der Waals surface area contributed by atoms with Crippen molar-refractivity contribution in [1.29, 1.82) is 0 Å². The zero-order valence-electron chi connectivity index (χ0n) is 11.6. The van der Waals surface area contributed by atoms with E-state index in [-0.39, 0.29) is 22.4 Å². The lowest BCUT2D eigenvalue weighted by molar-refractivity contribution is -0.357. The molecular weight excluding hydrogens is 328 g/mol. The summed E-state index contributed by atoms with van der Waals surface area (Å²) in [6.07, 6.45) is 6.88. The summed E-state index contributed by atoms with van der Waals surface area (Å²) >= 11 is 5.61. The Kier molecular flexibility index (Phi) is 4.99. The van der Waals surface area contributed by atoms with Crippen molar-refractivity contribution >= 4 is 27.3 Å². The second kappa shape index (κ2) is 6.76. The van der Waals surface area contributed by atoms with Crippen molar-refractivity contribution in [2.24, 2.45) is 4.40 Å². The molecule has 2 rings (SSSR count). The van der Waals surface area contributed by atoms with Gasteiger partial charge in [0.2, 0.25) is 0 Å². The number of sulfonamides is 1. The Balaban J connectivity index is 2.25. The summed E-state index contributed by atoms with van der Waals surface area (Å²) in [6, 6.07) is 2.69. The minimum absolute atomic E-state index is 0.0635. The van der Waals surface area contributed by atoms with Crippen LogP contribution in [0.1, 0.15) is 6.92 Å². The normalized spacial score (nSPS) is 14.1. The van der Waals surface area contributed by atoms with Gasteiger partial charge in [-0.3, -0.25) is 0 Å². The van der Waals surface area contributed by atoms with Crippen LogP contribution in [-0.2, 0) is 14.8 Å². The number of ether oxygens (including phenoxy) is 1. The standard InChI is InChI=1S/C14H13ClN2O4S/c1-2-21-14(18)10-3-5-11(6-4-10)17-22(19,20)12-7-8-13(15)16-9-12/h3-9,18H,2H2,1H3/p-1. The highest BCUT2D eigenvalue weighted by atomic mass is 35.5. The van der Waals surface area contributed by atoms with E-state index in [1.165, 1.54) is 36.4 Å². The Hall–Kier alpha value is -2.12. The molecule has 0 unspecified atom stereocenters. The molecule has 22 heavy (non-hydrogen) atoms. The number of hydrogen-bond acceptors (Lipinski definition) is 5. The van der Waals surface area contributed by atoms with E-state index >= 15 is 0 Å². The quantitative estimate of drug-likeness (QED) is 0.613. The fraction of sp³-hybridized carbons (Fsp3) is 0.143. The lowest BCUT2D eigenvalue weighted by Gasteiger charge is -2.16. The largest absolute Gasteiger partial charge is 0.613 e. The highest BCUT2D eigenvalue weighted by Crippen LogP contribution is 2.16. The third-order valence-corrected chi connectivity index (χ3v) is 4.11. The SMILES string of the molecule is CCOC([O-])=C1C=CC(=NS(=O)(=O)c2ccc(Cl)nc2)C=C1. The summed E-state index contributed by atoms with van der Waals surface area (Å²) in [6.45, 7) is 1.97. The molecule has 0 atom stereocenters. The molecule has 1 aliphatic carbocycles. The number of allylic oxidation sites excluding steroid dienone is 5. The predicted octanol–water partition coefficient (Wildman–Crippen LogP) is 1.60. The number of rotatable bonds is 4. The highest BCUT2D eigenvalue weighted by Gasteiger charge is 2.14. The van der Waals surface area contributed by atoms with Crippen LogP contribution in [0.25, 0.3) is 0 Å².